The van der Waals surface area contributed by atoms with Gasteiger partial charge in [0.15, 0.2) is 0 Å². The van der Waals surface area contributed by atoms with E-state index in [1.165, 1.54) is 27.5 Å². The maximum absolute atomic E-state index is 6.14. The van der Waals surface area contributed by atoms with Gasteiger partial charge in [-0.05, 0) is 23.6 Å². The molecule has 1 heteroatoms. The van der Waals surface area contributed by atoms with E-state index in [4.69, 9.17) is 4.42 Å². The molecule has 21 heavy (non-hydrogen) atoms. The minimum absolute atomic E-state index is 0.953. The van der Waals surface area contributed by atoms with Gasteiger partial charge in [-0.25, -0.2) is 0 Å². The summed E-state index contributed by atoms with van der Waals surface area (Å²) in [6.45, 7) is 2.19. The molecule has 0 bridgehead atoms. The van der Waals surface area contributed by atoms with Gasteiger partial charge >= 0.3 is 0 Å². The van der Waals surface area contributed by atoms with Crippen molar-refractivity contribution < 1.29 is 4.42 Å². The van der Waals surface area contributed by atoms with Crippen LogP contribution in [-0.4, -0.2) is 0 Å². The molecule has 0 unspecified atom stereocenters. The zero-order valence-electron chi connectivity index (χ0n) is 12.0. The normalized spacial score (nSPS) is 11.3. The van der Waals surface area contributed by atoms with Crippen LogP contribution in [-0.2, 0) is 6.42 Å². The monoisotopic (exact) mass is 272 g/mol. The van der Waals surface area contributed by atoms with Crippen molar-refractivity contribution in [1.82, 2.24) is 0 Å². The van der Waals surface area contributed by atoms with E-state index in [9.17, 15) is 0 Å². The van der Waals surface area contributed by atoms with E-state index in [1.54, 1.807) is 0 Å². The SMILES string of the molecule is CCc1ccccc1-c1cccc2c1oc1ccccc12. The molecule has 0 saturated carbocycles. The Bertz CT molecular complexity index is 931. The zero-order chi connectivity index (χ0) is 14.2. The first-order valence-electron chi connectivity index (χ1n) is 7.37. The van der Waals surface area contributed by atoms with Crippen molar-refractivity contribution in [2.75, 3.05) is 0 Å². The molecular weight excluding hydrogens is 256 g/mol. The van der Waals surface area contributed by atoms with Gasteiger partial charge in [0.25, 0.3) is 0 Å². The molecule has 0 aliphatic rings. The van der Waals surface area contributed by atoms with Crippen molar-refractivity contribution in [1.29, 1.82) is 0 Å². The molecule has 0 N–H and O–H groups in total. The number of fused-ring (bicyclic) bond motifs is 3. The highest BCUT2D eigenvalue weighted by molar-refractivity contribution is 6.09. The van der Waals surface area contributed by atoms with Crippen LogP contribution in [0.25, 0.3) is 33.1 Å². The van der Waals surface area contributed by atoms with Gasteiger partial charge in [-0.1, -0.05) is 67.6 Å². The van der Waals surface area contributed by atoms with Crippen LogP contribution in [0.15, 0.2) is 71.1 Å². The Balaban J connectivity index is 2.10. The fraction of sp³-hybridized carbons (Fsp3) is 0.100. The van der Waals surface area contributed by atoms with E-state index in [0.29, 0.717) is 0 Å². The quantitative estimate of drug-likeness (QED) is 0.448. The van der Waals surface area contributed by atoms with Gasteiger partial charge < -0.3 is 4.42 Å². The topological polar surface area (TPSA) is 13.1 Å². The van der Waals surface area contributed by atoms with Crippen LogP contribution in [0.3, 0.4) is 0 Å². The third kappa shape index (κ3) is 1.85. The predicted molar refractivity (Wildman–Crippen MR) is 88.5 cm³/mol. The fourth-order valence-corrected chi connectivity index (χ4v) is 3.05. The largest absolute Gasteiger partial charge is 0.455 e. The second kappa shape index (κ2) is 4.78. The Hall–Kier alpha value is -2.54. The number of para-hydroxylation sites is 2. The van der Waals surface area contributed by atoms with Crippen LogP contribution in [0.4, 0.5) is 0 Å². The lowest BCUT2D eigenvalue weighted by Crippen LogP contribution is -1.87. The van der Waals surface area contributed by atoms with Crippen LogP contribution >= 0.6 is 0 Å². The van der Waals surface area contributed by atoms with Crippen molar-refractivity contribution in [2.24, 2.45) is 0 Å². The molecule has 0 spiro atoms. The van der Waals surface area contributed by atoms with Crippen molar-refractivity contribution >= 4 is 21.9 Å². The molecule has 0 aliphatic carbocycles. The van der Waals surface area contributed by atoms with Gasteiger partial charge in [-0.15, -0.1) is 0 Å². The van der Waals surface area contributed by atoms with Gasteiger partial charge in [0, 0.05) is 16.3 Å². The molecule has 102 valence electrons. The molecule has 0 saturated heterocycles. The van der Waals surface area contributed by atoms with Gasteiger partial charge in [-0.3, -0.25) is 0 Å². The van der Waals surface area contributed by atoms with E-state index in [1.807, 2.05) is 12.1 Å². The highest BCUT2D eigenvalue weighted by Crippen LogP contribution is 2.36. The minimum atomic E-state index is 0.953. The van der Waals surface area contributed by atoms with Crippen molar-refractivity contribution in [3.05, 3.63) is 72.3 Å². The summed E-state index contributed by atoms with van der Waals surface area (Å²) < 4.78 is 6.14. The van der Waals surface area contributed by atoms with Crippen LogP contribution in [0.5, 0.6) is 0 Å². The minimum Gasteiger partial charge on any atom is -0.455 e. The average Bonchev–Trinajstić information content (AvgIpc) is 2.93. The summed E-state index contributed by atoms with van der Waals surface area (Å²) in [5.74, 6) is 0. The van der Waals surface area contributed by atoms with E-state index in [2.05, 4.69) is 61.5 Å². The summed E-state index contributed by atoms with van der Waals surface area (Å²) >= 11 is 0. The van der Waals surface area contributed by atoms with E-state index < -0.39 is 0 Å². The molecule has 0 atom stereocenters. The summed E-state index contributed by atoms with van der Waals surface area (Å²) in [6.07, 6.45) is 1.02. The van der Waals surface area contributed by atoms with E-state index in [-0.39, 0.29) is 0 Å². The Morgan fingerprint density at radius 1 is 0.714 bits per heavy atom. The summed E-state index contributed by atoms with van der Waals surface area (Å²) in [5.41, 5.74) is 5.74. The highest BCUT2D eigenvalue weighted by atomic mass is 16.3. The van der Waals surface area contributed by atoms with Gasteiger partial charge in [-0.2, -0.15) is 0 Å². The lowest BCUT2D eigenvalue weighted by Gasteiger charge is -2.08. The van der Waals surface area contributed by atoms with Crippen LogP contribution in [0.2, 0.25) is 0 Å². The van der Waals surface area contributed by atoms with Crippen molar-refractivity contribution in [2.45, 2.75) is 13.3 Å². The second-order valence-electron chi connectivity index (χ2n) is 5.29. The molecule has 4 rings (SSSR count). The van der Waals surface area contributed by atoms with Gasteiger partial charge in [0.2, 0.25) is 0 Å². The van der Waals surface area contributed by atoms with Gasteiger partial charge in [0.1, 0.15) is 11.2 Å². The number of hydrogen-bond donors (Lipinski definition) is 0. The first-order chi connectivity index (χ1) is 10.4. The molecule has 0 aliphatic heterocycles. The first-order valence-corrected chi connectivity index (χ1v) is 7.37. The van der Waals surface area contributed by atoms with Crippen molar-refractivity contribution in [3.63, 3.8) is 0 Å². The molecule has 3 aromatic carbocycles. The average molecular weight is 272 g/mol. The summed E-state index contributed by atoms with van der Waals surface area (Å²) in [6, 6.07) is 23.2. The zero-order valence-corrected chi connectivity index (χ0v) is 12.0. The smallest absolute Gasteiger partial charge is 0.143 e. The van der Waals surface area contributed by atoms with Crippen LogP contribution < -0.4 is 0 Å². The Morgan fingerprint density at radius 2 is 1.43 bits per heavy atom. The number of rotatable bonds is 2. The fourth-order valence-electron chi connectivity index (χ4n) is 3.05. The number of furan rings is 1. The van der Waals surface area contributed by atoms with Gasteiger partial charge in [0.05, 0.1) is 0 Å². The third-order valence-electron chi connectivity index (χ3n) is 4.09. The molecule has 1 heterocycles. The molecule has 0 radical (unpaired) electrons. The Morgan fingerprint density at radius 3 is 2.33 bits per heavy atom. The summed E-state index contributed by atoms with van der Waals surface area (Å²) in [4.78, 5) is 0. The van der Waals surface area contributed by atoms with Crippen LogP contribution in [0.1, 0.15) is 12.5 Å². The molecule has 1 nitrogen and oxygen atoms in total. The van der Waals surface area contributed by atoms with Crippen LogP contribution in [0, 0.1) is 0 Å². The summed E-state index contributed by atoms with van der Waals surface area (Å²) in [7, 11) is 0. The molecule has 1 aromatic heterocycles. The Labute approximate surface area is 123 Å². The summed E-state index contributed by atoms with van der Waals surface area (Å²) in [5, 5.41) is 2.37. The number of aryl methyl sites for hydroxylation is 1. The second-order valence-corrected chi connectivity index (χ2v) is 5.29. The predicted octanol–water partition coefficient (Wildman–Crippen LogP) is 5.82. The lowest BCUT2D eigenvalue weighted by atomic mass is 9.96. The molecule has 0 amide bonds. The lowest BCUT2D eigenvalue weighted by molar-refractivity contribution is 0.670. The first kappa shape index (κ1) is 12.2. The van der Waals surface area contributed by atoms with E-state index >= 15 is 0 Å². The standard InChI is InChI=1S/C20H16O/c1-2-14-8-3-4-9-15(14)17-11-7-12-18-16-10-5-6-13-19(16)21-20(17)18/h3-13H,2H2,1H3. The third-order valence-corrected chi connectivity index (χ3v) is 4.09. The highest BCUT2D eigenvalue weighted by Gasteiger charge is 2.13. The number of hydrogen-bond acceptors (Lipinski definition) is 1. The molecule has 4 aromatic rings. The number of benzene rings is 3. The molecule has 0 fully saturated rings. The van der Waals surface area contributed by atoms with E-state index in [0.717, 1.165) is 17.6 Å². The Kier molecular flexibility index (Phi) is 2.78. The maximum atomic E-state index is 6.14. The molecular formula is C20H16O. The van der Waals surface area contributed by atoms with Crippen molar-refractivity contribution in [3.8, 4) is 11.1 Å². The maximum Gasteiger partial charge on any atom is 0.143 e.